The molecule has 5 rings (SSSR count). The first-order valence-corrected chi connectivity index (χ1v) is 11.2. The van der Waals surface area contributed by atoms with Crippen LogP contribution in [-0.2, 0) is 4.74 Å². The zero-order chi connectivity index (χ0) is 21.2. The van der Waals surface area contributed by atoms with Crippen LogP contribution < -0.4 is 10.2 Å². The summed E-state index contributed by atoms with van der Waals surface area (Å²) < 4.78 is 6.33. The van der Waals surface area contributed by atoms with E-state index in [0.29, 0.717) is 29.5 Å². The number of morpholine rings is 1. The summed E-state index contributed by atoms with van der Waals surface area (Å²) in [6, 6.07) is 15.1. The van der Waals surface area contributed by atoms with Crippen molar-refractivity contribution in [1.29, 1.82) is 0 Å². The van der Waals surface area contributed by atoms with E-state index < -0.39 is 0 Å². The standard InChI is InChI=1S/C23H19ClN4O2S/c24-17-3-1-2-15(10-17)19-11-16(12-20-22(19)26-14-31-20)23(29)27-18-4-5-21(25-13-18)28-6-8-30-9-7-28/h1-5,10-14H,6-9H2,(H,27,29). The highest BCUT2D eigenvalue weighted by atomic mass is 35.5. The van der Waals surface area contributed by atoms with E-state index in [1.54, 1.807) is 11.7 Å². The first kappa shape index (κ1) is 19.9. The molecule has 1 amide bonds. The molecule has 0 bridgehead atoms. The number of anilines is 2. The lowest BCUT2D eigenvalue weighted by Crippen LogP contribution is -2.36. The largest absolute Gasteiger partial charge is 0.378 e. The van der Waals surface area contributed by atoms with Gasteiger partial charge in [-0.2, -0.15) is 0 Å². The van der Waals surface area contributed by atoms with Gasteiger partial charge in [0.2, 0.25) is 0 Å². The Morgan fingerprint density at radius 1 is 1.10 bits per heavy atom. The average Bonchev–Trinajstić information content (AvgIpc) is 3.28. The molecule has 0 aliphatic carbocycles. The Morgan fingerprint density at radius 3 is 2.74 bits per heavy atom. The second kappa shape index (κ2) is 8.63. The van der Waals surface area contributed by atoms with Gasteiger partial charge in [-0.25, -0.2) is 9.97 Å². The Bertz CT molecular complexity index is 1240. The molecule has 1 fully saturated rings. The molecule has 2 aromatic carbocycles. The second-order valence-electron chi connectivity index (χ2n) is 7.19. The Morgan fingerprint density at radius 2 is 1.97 bits per heavy atom. The van der Waals surface area contributed by atoms with E-state index in [4.69, 9.17) is 16.3 Å². The number of nitrogens with one attached hydrogen (secondary N) is 1. The monoisotopic (exact) mass is 450 g/mol. The second-order valence-corrected chi connectivity index (χ2v) is 8.51. The molecule has 0 atom stereocenters. The molecule has 2 aromatic heterocycles. The highest BCUT2D eigenvalue weighted by Crippen LogP contribution is 2.33. The van der Waals surface area contributed by atoms with E-state index in [-0.39, 0.29) is 5.91 Å². The smallest absolute Gasteiger partial charge is 0.255 e. The number of hydrogen-bond donors (Lipinski definition) is 1. The fourth-order valence-corrected chi connectivity index (χ4v) is 4.55. The van der Waals surface area contributed by atoms with Crippen LogP contribution in [0, 0.1) is 0 Å². The van der Waals surface area contributed by atoms with Crippen LogP contribution in [0.1, 0.15) is 10.4 Å². The van der Waals surface area contributed by atoms with Gasteiger partial charge >= 0.3 is 0 Å². The molecule has 1 aliphatic rings. The van der Waals surface area contributed by atoms with E-state index in [9.17, 15) is 4.79 Å². The predicted octanol–water partition coefficient (Wildman–Crippen LogP) is 5.10. The number of fused-ring (bicyclic) bond motifs is 1. The van der Waals surface area contributed by atoms with Gasteiger partial charge in [-0.1, -0.05) is 23.7 Å². The molecule has 1 aliphatic heterocycles. The van der Waals surface area contributed by atoms with Gasteiger partial charge in [0.1, 0.15) is 5.82 Å². The Labute approximate surface area is 188 Å². The molecular formula is C23H19ClN4O2S. The SMILES string of the molecule is O=C(Nc1ccc(N2CCOCC2)nc1)c1cc(-c2cccc(Cl)c2)c2ncsc2c1. The Kier molecular flexibility index (Phi) is 5.55. The van der Waals surface area contributed by atoms with Crippen molar-refractivity contribution >= 4 is 50.6 Å². The van der Waals surface area contributed by atoms with Crippen molar-refractivity contribution < 1.29 is 9.53 Å². The Balaban J connectivity index is 1.41. The number of aromatic nitrogens is 2. The molecule has 0 saturated carbocycles. The van der Waals surface area contributed by atoms with E-state index in [2.05, 4.69) is 20.2 Å². The highest BCUT2D eigenvalue weighted by molar-refractivity contribution is 7.16. The molecule has 0 unspecified atom stereocenters. The lowest BCUT2D eigenvalue weighted by Gasteiger charge is -2.27. The minimum atomic E-state index is -0.195. The van der Waals surface area contributed by atoms with Crippen LogP contribution in [0.3, 0.4) is 0 Å². The number of halogens is 1. The van der Waals surface area contributed by atoms with Gasteiger partial charge in [0, 0.05) is 29.2 Å². The number of carbonyl (C=O) groups is 1. The zero-order valence-corrected chi connectivity index (χ0v) is 18.1. The first-order chi connectivity index (χ1) is 15.2. The van der Waals surface area contributed by atoms with Crippen molar-refractivity contribution in [1.82, 2.24) is 9.97 Å². The number of rotatable bonds is 4. The van der Waals surface area contributed by atoms with Crippen molar-refractivity contribution in [2.24, 2.45) is 0 Å². The molecule has 6 nitrogen and oxygen atoms in total. The summed E-state index contributed by atoms with van der Waals surface area (Å²) in [7, 11) is 0. The maximum absolute atomic E-state index is 13.0. The van der Waals surface area contributed by atoms with Gasteiger partial charge in [0.15, 0.2) is 0 Å². The number of pyridine rings is 1. The van der Waals surface area contributed by atoms with Crippen LogP contribution in [0.4, 0.5) is 11.5 Å². The third kappa shape index (κ3) is 4.25. The summed E-state index contributed by atoms with van der Waals surface area (Å²) in [4.78, 5) is 24.2. The highest BCUT2D eigenvalue weighted by Gasteiger charge is 2.15. The Hall–Kier alpha value is -3.00. The number of ether oxygens (including phenoxy) is 1. The topological polar surface area (TPSA) is 67.4 Å². The van der Waals surface area contributed by atoms with Gasteiger partial charge in [0.05, 0.1) is 40.8 Å². The molecule has 1 N–H and O–H groups in total. The van der Waals surface area contributed by atoms with Crippen LogP contribution in [-0.4, -0.2) is 42.2 Å². The van der Waals surface area contributed by atoms with Crippen LogP contribution >= 0.6 is 22.9 Å². The van der Waals surface area contributed by atoms with Crippen LogP contribution in [0.5, 0.6) is 0 Å². The van der Waals surface area contributed by atoms with Crippen molar-refractivity contribution in [2.45, 2.75) is 0 Å². The van der Waals surface area contributed by atoms with Crippen molar-refractivity contribution in [2.75, 3.05) is 36.5 Å². The normalized spacial score (nSPS) is 14.0. The third-order valence-electron chi connectivity index (χ3n) is 5.18. The van der Waals surface area contributed by atoms with E-state index in [0.717, 1.165) is 40.3 Å². The summed E-state index contributed by atoms with van der Waals surface area (Å²) in [5.41, 5.74) is 5.66. The molecule has 4 aromatic rings. The fraction of sp³-hybridized carbons (Fsp3) is 0.174. The van der Waals surface area contributed by atoms with Crippen LogP contribution in [0.15, 0.2) is 60.2 Å². The predicted molar refractivity (Wildman–Crippen MR) is 125 cm³/mol. The molecule has 8 heteroatoms. The molecule has 3 heterocycles. The number of carbonyl (C=O) groups excluding carboxylic acids is 1. The summed E-state index contributed by atoms with van der Waals surface area (Å²) in [5.74, 6) is 0.690. The number of benzene rings is 2. The van der Waals surface area contributed by atoms with E-state index in [1.807, 2.05) is 48.5 Å². The third-order valence-corrected chi connectivity index (χ3v) is 6.19. The van der Waals surface area contributed by atoms with Gasteiger partial charge in [-0.15, -0.1) is 11.3 Å². The summed E-state index contributed by atoms with van der Waals surface area (Å²) >= 11 is 7.69. The molecule has 0 radical (unpaired) electrons. The zero-order valence-electron chi connectivity index (χ0n) is 16.5. The maximum Gasteiger partial charge on any atom is 0.255 e. The maximum atomic E-state index is 13.0. The summed E-state index contributed by atoms with van der Waals surface area (Å²) in [6.07, 6.45) is 1.69. The van der Waals surface area contributed by atoms with Gasteiger partial charge in [-0.3, -0.25) is 4.79 Å². The van der Waals surface area contributed by atoms with Crippen LogP contribution in [0.25, 0.3) is 21.3 Å². The van der Waals surface area contributed by atoms with Crippen molar-refractivity contribution in [3.63, 3.8) is 0 Å². The fourth-order valence-electron chi connectivity index (χ4n) is 3.62. The van der Waals surface area contributed by atoms with Gasteiger partial charge in [0.25, 0.3) is 5.91 Å². The van der Waals surface area contributed by atoms with Crippen molar-refractivity contribution in [3.05, 3.63) is 70.8 Å². The minimum absolute atomic E-state index is 0.195. The number of nitrogens with zero attached hydrogens (tertiary/aromatic N) is 3. The minimum Gasteiger partial charge on any atom is -0.378 e. The number of amides is 1. The quantitative estimate of drug-likeness (QED) is 0.468. The molecule has 31 heavy (non-hydrogen) atoms. The average molecular weight is 451 g/mol. The molecule has 0 spiro atoms. The summed E-state index contributed by atoms with van der Waals surface area (Å²) in [6.45, 7) is 3.05. The molecular weight excluding hydrogens is 432 g/mol. The van der Waals surface area contributed by atoms with Crippen molar-refractivity contribution in [3.8, 4) is 11.1 Å². The number of thiazole rings is 1. The lowest BCUT2D eigenvalue weighted by molar-refractivity contribution is 0.102. The van der Waals surface area contributed by atoms with E-state index >= 15 is 0 Å². The first-order valence-electron chi connectivity index (χ1n) is 9.91. The van der Waals surface area contributed by atoms with Crippen LogP contribution in [0.2, 0.25) is 5.02 Å². The van der Waals surface area contributed by atoms with Gasteiger partial charge < -0.3 is 15.0 Å². The van der Waals surface area contributed by atoms with E-state index in [1.165, 1.54) is 11.3 Å². The molecule has 1 saturated heterocycles. The van der Waals surface area contributed by atoms with Gasteiger partial charge in [-0.05, 0) is 42.0 Å². The number of hydrogen-bond acceptors (Lipinski definition) is 6. The summed E-state index contributed by atoms with van der Waals surface area (Å²) in [5, 5.41) is 3.59. The molecule has 156 valence electrons. The lowest BCUT2D eigenvalue weighted by atomic mass is 10.0.